The average Bonchev–Trinajstić information content (AvgIpc) is 3.19. The lowest BCUT2D eigenvalue weighted by molar-refractivity contribution is 0.648. The minimum absolute atomic E-state index is 0.857. The maximum absolute atomic E-state index is 3.47. The SMILES string of the molecule is CCNCC1CC1c1ccccc1C1CC1. The van der Waals surface area contributed by atoms with Gasteiger partial charge in [-0.1, -0.05) is 31.2 Å². The molecule has 16 heavy (non-hydrogen) atoms. The molecular formula is C15H21N. The van der Waals surface area contributed by atoms with Crippen LogP contribution in [0.15, 0.2) is 24.3 Å². The summed E-state index contributed by atoms with van der Waals surface area (Å²) in [4.78, 5) is 0. The first-order valence-corrected chi connectivity index (χ1v) is 6.69. The highest BCUT2D eigenvalue weighted by Crippen LogP contribution is 2.52. The highest BCUT2D eigenvalue weighted by Gasteiger charge is 2.40. The Morgan fingerprint density at radius 2 is 1.94 bits per heavy atom. The molecule has 2 aliphatic carbocycles. The Kier molecular flexibility index (Phi) is 2.72. The second-order valence-electron chi connectivity index (χ2n) is 5.31. The Balaban J connectivity index is 1.70. The van der Waals surface area contributed by atoms with Gasteiger partial charge >= 0.3 is 0 Å². The number of rotatable bonds is 5. The van der Waals surface area contributed by atoms with Crippen molar-refractivity contribution in [2.45, 2.75) is 38.0 Å². The number of hydrogen-bond acceptors (Lipinski definition) is 1. The van der Waals surface area contributed by atoms with Crippen LogP contribution in [0.5, 0.6) is 0 Å². The third kappa shape index (κ3) is 2.01. The maximum atomic E-state index is 3.47. The van der Waals surface area contributed by atoms with Crippen LogP contribution in [0.3, 0.4) is 0 Å². The molecule has 0 radical (unpaired) electrons. The third-order valence-corrected chi connectivity index (χ3v) is 3.99. The molecule has 86 valence electrons. The van der Waals surface area contributed by atoms with Gasteiger partial charge in [-0.25, -0.2) is 0 Å². The normalized spacial score (nSPS) is 28.1. The van der Waals surface area contributed by atoms with Crippen LogP contribution in [0.2, 0.25) is 0 Å². The van der Waals surface area contributed by atoms with Gasteiger partial charge < -0.3 is 5.32 Å². The second-order valence-corrected chi connectivity index (χ2v) is 5.31. The molecule has 0 bridgehead atoms. The van der Waals surface area contributed by atoms with E-state index in [4.69, 9.17) is 0 Å². The second kappa shape index (κ2) is 4.21. The van der Waals surface area contributed by atoms with Crippen molar-refractivity contribution in [1.82, 2.24) is 5.32 Å². The molecule has 2 saturated carbocycles. The molecule has 2 fully saturated rings. The van der Waals surface area contributed by atoms with Gasteiger partial charge in [-0.3, -0.25) is 0 Å². The molecule has 1 aromatic rings. The lowest BCUT2D eigenvalue weighted by Gasteiger charge is -2.08. The highest BCUT2D eigenvalue weighted by atomic mass is 14.9. The highest BCUT2D eigenvalue weighted by molar-refractivity contribution is 5.39. The van der Waals surface area contributed by atoms with Crippen LogP contribution in [0.25, 0.3) is 0 Å². The molecule has 0 amide bonds. The molecule has 2 aliphatic rings. The van der Waals surface area contributed by atoms with Crippen LogP contribution in [-0.2, 0) is 0 Å². The van der Waals surface area contributed by atoms with E-state index in [1.165, 1.54) is 25.8 Å². The maximum Gasteiger partial charge on any atom is -0.00146 e. The first-order chi connectivity index (χ1) is 7.90. The van der Waals surface area contributed by atoms with Crippen molar-refractivity contribution in [1.29, 1.82) is 0 Å². The molecule has 0 aromatic heterocycles. The standard InChI is InChI=1S/C15H21N/c1-2-16-10-12-9-15(12)14-6-4-3-5-13(14)11-7-8-11/h3-6,11-12,15-16H,2,7-10H2,1H3. The largest absolute Gasteiger partial charge is 0.317 e. The van der Waals surface area contributed by atoms with Crippen molar-refractivity contribution < 1.29 is 0 Å². The number of benzene rings is 1. The summed E-state index contributed by atoms with van der Waals surface area (Å²) >= 11 is 0. The van der Waals surface area contributed by atoms with Gasteiger partial charge in [0.1, 0.15) is 0 Å². The Bertz CT molecular complexity index is 367. The minimum atomic E-state index is 0.857. The first-order valence-electron chi connectivity index (χ1n) is 6.69. The van der Waals surface area contributed by atoms with E-state index in [1.54, 1.807) is 11.1 Å². The zero-order chi connectivity index (χ0) is 11.0. The van der Waals surface area contributed by atoms with Gasteiger partial charge in [0.15, 0.2) is 0 Å². The summed E-state index contributed by atoms with van der Waals surface area (Å²) in [5.74, 6) is 2.66. The van der Waals surface area contributed by atoms with Gasteiger partial charge in [-0.15, -0.1) is 0 Å². The molecule has 1 N–H and O–H groups in total. The van der Waals surface area contributed by atoms with Crippen LogP contribution in [0, 0.1) is 5.92 Å². The molecule has 1 heteroatoms. The Labute approximate surface area is 98.3 Å². The molecule has 1 nitrogen and oxygen atoms in total. The Morgan fingerprint density at radius 3 is 2.62 bits per heavy atom. The van der Waals surface area contributed by atoms with Crippen molar-refractivity contribution in [2.24, 2.45) is 5.92 Å². The third-order valence-electron chi connectivity index (χ3n) is 3.99. The molecule has 0 saturated heterocycles. The zero-order valence-electron chi connectivity index (χ0n) is 10.1. The summed E-state index contributed by atoms with van der Waals surface area (Å²) in [7, 11) is 0. The average molecular weight is 215 g/mol. The molecular weight excluding hydrogens is 194 g/mol. The first kappa shape index (κ1) is 10.3. The van der Waals surface area contributed by atoms with E-state index in [1.807, 2.05) is 0 Å². The quantitative estimate of drug-likeness (QED) is 0.795. The summed E-state index contributed by atoms with van der Waals surface area (Å²) in [6.07, 6.45) is 4.24. The summed E-state index contributed by atoms with van der Waals surface area (Å²) in [5, 5.41) is 3.47. The Morgan fingerprint density at radius 1 is 1.19 bits per heavy atom. The lowest BCUT2D eigenvalue weighted by Crippen LogP contribution is -2.16. The van der Waals surface area contributed by atoms with Gasteiger partial charge in [0.2, 0.25) is 0 Å². The van der Waals surface area contributed by atoms with Crippen molar-refractivity contribution in [3.8, 4) is 0 Å². The predicted molar refractivity (Wildman–Crippen MR) is 67.8 cm³/mol. The van der Waals surface area contributed by atoms with Gasteiger partial charge in [-0.05, 0) is 61.2 Å². The van der Waals surface area contributed by atoms with Crippen molar-refractivity contribution >= 4 is 0 Å². The fourth-order valence-corrected chi connectivity index (χ4v) is 2.80. The van der Waals surface area contributed by atoms with Crippen LogP contribution in [0.1, 0.15) is 49.1 Å². The summed E-state index contributed by atoms with van der Waals surface area (Å²) in [6, 6.07) is 9.14. The Hall–Kier alpha value is -0.820. The summed E-state index contributed by atoms with van der Waals surface area (Å²) in [6.45, 7) is 4.50. The number of hydrogen-bond donors (Lipinski definition) is 1. The van der Waals surface area contributed by atoms with E-state index < -0.39 is 0 Å². The van der Waals surface area contributed by atoms with Crippen molar-refractivity contribution in [3.05, 3.63) is 35.4 Å². The fraction of sp³-hybridized carbons (Fsp3) is 0.600. The predicted octanol–water partition coefficient (Wildman–Crippen LogP) is 3.28. The molecule has 3 rings (SSSR count). The van der Waals surface area contributed by atoms with Crippen LogP contribution in [-0.4, -0.2) is 13.1 Å². The monoisotopic (exact) mass is 215 g/mol. The van der Waals surface area contributed by atoms with E-state index in [0.717, 1.165) is 24.3 Å². The lowest BCUT2D eigenvalue weighted by atomic mass is 9.98. The minimum Gasteiger partial charge on any atom is -0.317 e. The zero-order valence-corrected chi connectivity index (χ0v) is 10.1. The van der Waals surface area contributed by atoms with E-state index in [0.29, 0.717) is 0 Å². The smallest absolute Gasteiger partial charge is 0.00146 e. The van der Waals surface area contributed by atoms with Gasteiger partial charge in [-0.2, -0.15) is 0 Å². The fourth-order valence-electron chi connectivity index (χ4n) is 2.80. The van der Waals surface area contributed by atoms with Gasteiger partial charge in [0.05, 0.1) is 0 Å². The van der Waals surface area contributed by atoms with E-state index in [2.05, 4.69) is 36.5 Å². The van der Waals surface area contributed by atoms with Crippen molar-refractivity contribution in [2.75, 3.05) is 13.1 Å². The molecule has 0 aliphatic heterocycles. The molecule has 0 heterocycles. The summed E-state index contributed by atoms with van der Waals surface area (Å²) < 4.78 is 0. The van der Waals surface area contributed by atoms with E-state index in [9.17, 15) is 0 Å². The van der Waals surface area contributed by atoms with Crippen molar-refractivity contribution in [3.63, 3.8) is 0 Å². The van der Waals surface area contributed by atoms with E-state index in [-0.39, 0.29) is 0 Å². The summed E-state index contributed by atoms with van der Waals surface area (Å²) in [5.41, 5.74) is 3.32. The van der Waals surface area contributed by atoms with Crippen LogP contribution < -0.4 is 5.32 Å². The van der Waals surface area contributed by atoms with Gasteiger partial charge in [0, 0.05) is 0 Å². The van der Waals surface area contributed by atoms with Crippen LogP contribution in [0.4, 0.5) is 0 Å². The van der Waals surface area contributed by atoms with Crippen LogP contribution >= 0.6 is 0 Å². The molecule has 0 spiro atoms. The van der Waals surface area contributed by atoms with Gasteiger partial charge in [0.25, 0.3) is 0 Å². The number of nitrogens with one attached hydrogen (secondary N) is 1. The molecule has 2 atom stereocenters. The van der Waals surface area contributed by atoms with E-state index >= 15 is 0 Å². The molecule has 2 unspecified atom stereocenters. The topological polar surface area (TPSA) is 12.0 Å². The molecule has 1 aromatic carbocycles.